The van der Waals surface area contributed by atoms with E-state index in [2.05, 4.69) is 32.5 Å². The zero-order valence-corrected chi connectivity index (χ0v) is 14.6. The first-order chi connectivity index (χ1) is 12.1. The lowest BCUT2D eigenvalue weighted by Gasteiger charge is -2.28. The van der Waals surface area contributed by atoms with Crippen LogP contribution in [0.4, 0.5) is 5.82 Å². The standard InChI is InChI=1S/C19H22N6/c1-13-6-7-15(19(20)22-13)11-24-9-10-25-17(12-24)14(2)18(23-25)16-5-3-4-8-21-16/h3-8H,9-12H2,1-2H3,(H2,20,22). The molecule has 0 fully saturated rings. The lowest BCUT2D eigenvalue weighted by molar-refractivity contribution is 0.205. The van der Waals surface area contributed by atoms with E-state index in [9.17, 15) is 0 Å². The topological polar surface area (TPSA) is 72.9 Å². The first kappa shape index (κ1) is 15.8. The molecule has 128 valence electrons. The average molecular weight is 334 g/mol. The van der Waals surface area contributed by atoms with Crippen molar-refractivity contribution in [2.45, 2.75) is 33.5 Å². The van der Waals surface area contributed by atoms with Crippen LogP contribution >= 0.6 is 0 Å². The number of aromatic nitrogens is 4. The number of rotatable bonds is 3. The third kappa shape index (κ3) is 3.00. The Morgan fingerprint density at radius 2 is 2.00 bits per heavy atom. The van der Waals surface area contributed by atoms with E-state index in [0.717, 1.165) is 48.8 Å². The summed E-state index contributed by atoms with van der Waals surface area (Å²) >= 11 is 0. The highest BCUT2D eigenvalue weighted by atomic mass is 15.3. The van der Waals surface area contributed by atoms with Crippen LogP contribution < -0.4 is 5.73 Å². The van der Waals surface area contributed by atoms with E-state index in [4.69, 9.17) is 10.8 Å². The van der Waals surface area contributed by atoms with Crippen LogP contribution in [0, 0.1) is 13.8 Å². The van der Waals surface area contributed by atoms with Crippen molar-refractivity contribution < 1.29 is 0 Å². The Hall–Kier alpha value is -2.73. The van der Waals surface area contributed by atoms with Gasteiger partial charge in [-0.1, -0.05) is 12.1 Å². The van der Waals surface area contributed by atoms with E-state index in [1.54, 1.807) is 0 Å². The summed E-state index contributed by atoms with van der Waals surface area (Å²) in [6.45, 7) is 7.59. The molecule has 0 aliphatic carbocycles. The zero-order valence-electron chi connectivity index (χ0n) is 14.6. The van der Waals surface area contributed by atoms with E-state index in [-0.39, 0.29) is 0 Å². The molecule has 0 spiro atoms. The second-order valence-corrected chi connectivity index (χ2v) is 6.57. The summed E-state index contributed by atoms with van der Waals surface area (Å²) in [5.41, 5.74) is 12.5. The van der Waals surface area contributed by atoms with Crippen molar-refractivity contribution in [1.29, 1.82) is 0 Å². The molecule has 0 atom stereocenters. The fourth-order valence-electron chi connectivity index (χ4n) is 3.36. The molecule has 25 heavy (non-hydrogen) atoms. The molecular formula is C19H22N6. The van der Waals surface area contributed by atoms with Gasteiger partial charge in [0.15, 0.2) is 0 Å². The van der Waals surface area contributed by atoms with Gasteiger partial charge in [0.05, 0.1) is 17.9 Å². The summed E-state index contributed by atoms with van der Waals surface area (Å²) in [6, 6.07) is 10.0. The molecule has 0 radical (unpaired) electrons. The first-order valence-electron chi connectivity index (χ1n) is 8.54. The number of hydrogen-bond acceptors (Lipinski definition) is 5. The summed E-state index contributed by atoms with van der Waals surface area (Å²) in [4.78, 5) is 11.2. The molecule has 4 heterocycles. The number of aryl methyl sites for hydroxylation is 1. The van der Waals surface area contributed by atoms with E-state index in [1.165, 1.54) is 11.3 Å². The van der Waals surface area contributed by atoms with Crippen molar-refractivity contribution in [3.63, 3.8) is 0 Å². The molecule has 0 bridgehead atoms. The molecule has 1 aliphatic heterocycles. The van der Waals surface area contributed by atoms with Crippen LogP contribution in [0.5, 0.6) is 0 Å². The molecule has 4 rings (SSSR count). The van der Waals surface area contributed by atoms with Crippen molar-refractivity contribution in [3.8, 4) is 11.4 Å². The molecular weight excluding hydrogens is 312 g/mol. The normalized spacial score (nSPS) is 14.5. The van der Waals surface area contributed by atoms with Gasteiger partial charge < -0.3 is 5.73 Å². The summed E-state index contributed by atoms with van der Waals surface area (Å²) in [6.07, 6.45) is 1.81. The van der Waals surface area contributed by atoms with Crippen LogP contribution in [-0.2, 0) is 19.6 Å². The van der Waals surface area contributed by atoms with Gasteiger partial charge in [0.2, 0.25) is 0 Å². The Morgan fingerprint density at radius 1 is 1.12 bits per heavy atom. The van der Waals surface area contributed by atoms with Crippen molar-refractivity contribution in [1.82, 2.24) is 24.6 Å². The molecule has 0 saturated heterocycles. The van der Waals surface area contributed by atoms with Gasteiger partial charge in [0.1, 0.15) is 11.5 Å². The van der Waals surface area contributed by atoms with Gasteiger partial charge in [-0.2, -0.15) is 5.10 Å². The molecule has 0 amide bonds. The molecule has 0 unspecified atom stereocenters. The highest BCUT2D eigenvalue weighted by molar-refractivity contribution is 5.59. The van der Waals surface area contributed by atoms with Gasteiger partial charge in [0, 0.05) is 42.7 Å². The third-order valence-electron chi connectivity index (χ3n) is 4.77. The predicted octanol–water partition coefficient (Wildman–Crippen LogP) is 2.55. The quantitative estimate of drug-likeness (QED) is 0.797. The van der Waals surface area contributed by atoms with Gasteiger partial charge in [-0.05, 0) is 32.0 Å². The molecule has 2 N–H and O–H groups in total. The van der Waals surface area contributed by atoms with E-state index in [0.29, 0.717) is 5.82 Å². The first-order valence-corrected chi connectivity index (χ1v) is 8.54. The smallest absolute Gasteiger partial charge is 0.128 e. The molecule has 0 aromatic carbocycles. The van der Waals surface area contributed by atoms with Crippen LogP contribution in [-0.4, -0.2) is 31.2 Å². The number of nitrogen functional groups attached to an aromatic ring is 1. The van der Waals surface area contributed by atoms with Gasteiger partial charge in [-0.15, -0.1) is 0 Å². The maximum atomic E-state index is 6.08. The van der Waals surface area contributed by atoms with Crippen LogP contribution in [0.3, 0.4) is 0 Å². The maximum absolute atomic E-state index is 6.08. The van der Waals surface area contributed by atoms with Crippen LogP contribution in [0.15, 0.2) is 36.5 Å². The second kappa shape index (κ2) is 6.29. The summed E-state index contributed by atoms with van der Waals surface area (Å²) in [5.74, 6) is 0.630. The predicted molar refractivity (Wildman–Crippen MR) is 97.7 cm³/mol. The van der Waals surface area contributed by atoms with Gasteiger partial charge in [-0.3, -0.25) is 14.6 Å². The number of fused-ring (bicyclic) bond motifs is 1. The van der Waals surface area contributed by atoms with Gasteiger partial charge in [0.25, 0.3) is 0 Å². The van der Waals surface area contributed by atoms with E-state index < -0.39 is 0 Å². The van der Waals surface area contributed by atoms with Crippen molar-refractivity contribution in [2.24, 2.45) is 0 Å². The molecule has 6 nitrogen and oxygen atoms in total. The van der Waals surface area contributed by atoms with Crippen LogP contribution in [0.1, 0.15) is 22.5 Å². The Kier molecular flexibility index (Phi) is 3.97. The number of nitrogens with two attached hydrogens (primary N) is 1. The maximum Gasteiger partial charge on any atom is 0.128 e. The fraction of sp³-hybridized carbons (Fsp3) is 0.316. The average Bonchev–Trinajstić information content (AvgIpc) is 2.95. The van der Waals surface area contributed by atoms with E-state index in [1.807, 2.05) is 37.4 Å². The van der Waals surface area contributed by atoms with Crippen LogP contribution in [0.25, 0.3) is 11.4 Å². The SMILES string of the molecule is Cc1ccc(CN2CCn3nc(-c4ccccn4)c(C)c3C2)c(N)n1. The number of hydrogen-bond donors (Lipinski definition) is 1. The Morgan fingerprint density at radius 3 is 2.76 bits per heavy atom. The van der Waals surface area contributed by atoms with Crippen molar-refractivity contribution in [2.75, 3.05) is 12.3 Å². The fourth-order valence-corrected chi connectivity index (χ4v) is 3.36. The molecule has 6 heteroatoms. The lowest BCUT2D eigenvalue weighted by Crippen LogP contribution is -2.34. The number of nitrogens with zero attached hydrogens (tertiary/aromatic N) is 5. The number of pyridine rings is 2. The summed E-state index contributed by atoms with van der Waals surface area (Å²) < 4.78 is 2.12. The Labute approximate surface area is 147 Å². The van der Waals surface area contributed by atoms with Crippen molar-refractivity contribution >= 4 is 5.82 Å². The van der Waals surface area contributed by atoms with Gasteiger partial charge >= 0.3 is 0 Å². The zero-order chi connectivity index (χ0) is 17.4. The third-order valence-corrected chi connectivity index (χ3v) is 4.77. The number of anilines is 1. The Bertz CT molecular complexity index is 900. The molecule has 3 aromatic rings. The lowest BCUT2D eigenvalue weighted by atomic mass is 10.1. The van der Waals surface area contributed by atoms with Gasteiger partial charge in [-0.25, -0.2) is 4.98 Å². The molecule has 0 saturated carbocycles. The minimum absolute atomic E-state index is 0.630. The monoisotopic (exact) mass is 334 g/mol. The van der Waals surface area contributed by atoms with Crippen molar-refractivity contribution in [3.05, 3.63) is 59.0 Å². The second-order valence-electron chi connectivity index (χ2n) is 6.57. The van der Waals surface area contributed by atoms with E-state index >= 15 is 0 Å². The largest absolute Gasteiger partial charge is 0.383 e. The van der Waals surface area contributed by atoms with Crippen LogP contribution in [0.2, 0.25) is 0 Å². The highest BCUT2D eigenvalue weighted by Crippen LogP contribution is 2.27. The molecule has 1 aliphatic rings. The summed E-state index contributed by atoms with van der Waals surface area (Å²) in [5, 5.41) is 4.78. The molecule has 3 aromatic heterocycles. The Balaban J connectivity index is 1.58. The highest BCUT2D eigenvalue weighted by Gasteiger charge is 2.23. The minimum Gasteiger partial charge on any atom is -0.383 e. The summed E-state index contributed by atoms with van der Waals surface area (Å²) in [7, 11) is 0. The minimum atomic E-state index is 0.630.